The summed E-state index contributed by atoms with van der Waals surface area (Å²) in [5.74, 6) is -1.72. The number of thiazole rings is 1. The summed E-state index contributed by atoms with van der Waals surface area (Å²) in [6.07, 6.45) is 0. The fraction of sp³-hybridized carbons (Fsp3) is 0.0870. The van der Waals surface area contributed by atoms with Gasteiger partial charge in [-0.25, -0.2) is 12.8 Å². The zero-order chi connectivity index (χ0) is 25.2. The average Bonchev–Trinajstić information content (AvgIpc) is 3.14. The van der Waals surface area contributed by atoms with E-state index in [2.05, 4.69) is 9.71 Å². The number of nitrogens with one attached hydrogen (secondary N) is 1. The Morgan fingerprint density at radius 3 is 2.57 bits per heavy atom. The van der Waals surface area contributed by atoms with Crippen molar-refractivity contribution in [3.63, 3.8) is 0 Å². The van der Waals surface area contributed by atoms with Gasteiger partial charge in [0.05, 0.1) is 22.2 Å². The third kappa shape index (κ3) is 5.59. The SMILES string of the molecule is COC(=O)Cn1c(=NC(=O)c2cccc(NS(=O)(=O)c3ccc(Cl)cc3)c2)sc2cc(F)ccc21. The van der Waals surface area contributed by atoms with Crippen LogP contribution in [0.5, 0.6) is 0 Å². The number of rotatable bonds is 6. The zero-order valence-corrected chi connectivity index (χ0v) is 20.5. The number of aromatic nitrogens is 1. The molecule has 0 radical (unpaired) electrons. The smallest absolute Gasteiger partial charge is 0.325 e. The lowest BCUT2D eigenvalue weighted by Crippen LogP contribution is -2.22. The molecule has 0 saturated heterocycles. The minimum atomic E-state index is -3.92. The van der Waals surface area contributed by atoms with Crippen LogP contribution in [0.15, 0.2) is 76.6 Å². The molecule has 0 aliphatic heterocycles. The molecule has 1 amide bonds. The molecule has 0 bridgehead atoms. The summed E-state index contributed by atoms with van der Waals surface area (Å²) in [5, 5.41) is 0.395. The number of anilines is 1. The van der Waals surface area contributed by atoms with E-state index in [1.54, 1.807) is 0 Å². The normalized spacial score (nSPS) is 12.0. The van der Waals surface area contributed by atoms with Gasteiger partial charge in [0.1, 0.15) is 12.4 Å². The number of nitrogens with zero attached hydrogens (tertiary/aromatic N) is 2. The van der Waals surface area contributed by atoms with E-state index in [1.807, 2.05) is 0 Å². The maximum absolute atomic E-state index is 13.7. The highest BCUT2D eigenvalue weighted by Gasteiger charge is 2.16. The largest absolute Gasteiger partial charge is 0.468 e. The van der Waals surface area contributed by atoms with E-state index in [4.69, 9.17) is 16.3 Å². The van der Waals surface area contributed by atoms with E-state index in [9.17, 15) is 22.4 Å². The van der Waals surface area contributed by atoms with Gasteiger partial charge in [-0.05, 0) is 60.7 Å². The van der Waals surface area contributed by atoms with Crippen molar-refractivity contribution in [1.82, 2.24) is 4.57 Å². The number of hydrogen-bond acceptors (Lipinski definition) is 6. The monoisotopic (exact) mass is 533 g/mol. The van der Waals surface area contributed by atoms with Crippen LogP contribution in [0.25, 0.3) is 10.2 Å². The second-order valence-corrected chi connectivity index (χ2v) is 10.3. The number of fused-ring (bicyclic) bond motifs is 1. The Morgan fingerprint density at radius 1 is 1.11 bits per heavy atom. The first-order valence-corrected chi connectivity index (χ1v) is 12.7. The molecule has 0 fully saturated rings. The first-order valence-electron chi connectivity index (χ1n) is 9.99. The van der Waals surface area contributed by atoms with Crippen LogP contribution >= 0.6 is 22.9 Å². The molecule has 0 saturated carbocycles. The molecule has 4 aromatic rings. The van der Waals surface area contributed by atoms with E-state index < -0.39 is 27.7 Å². The number of sulfonamides is 1. The number of amides is 1. The molecule has 0 unspecified atom stereocenters. The summed E-state index contributed by atoms with van der Waals surface area (Å²) < 4.78 is 48.1. The predicted octanol–water partition coefficient (Wildman–Crippen LogP) is 4.21. The number of hydrogen-bond donors (Lipinski definition) is 1. The Balaban J connectivity index is 1.68. The second kappa shape index (κ2) is 9.98. The van der Waals surface area contributed by atoms with Gasteiger partial charge in [0, 0.05) is 16.3 Å². The van der Waals surface area contributed by atoms with E-state index in [0.717, 1.165) is 11.3 Å². The summed E-state index contributed by atoms with van der Waals surface area (Å²) in [4.78, 5) is 29.1. The second-order valence-electron chi connectivity index (χ2n) is 7.22. The molecule has 12 heteroatoms. The predicted molar refractivity (Wildman–Crippen MR) is 130 cm³/mol. The van der Waals surface area contributed by atoms with Crippen molar-refractivity contribution >= 4 is 60.7 Å². The van der Waals surface area contributed by atoms with Crippen LogP contribution in [0.1, 0.15) is 10.4 Å². The Morgan fingerprint density at radius 2 is 1.86 bits per heavy atom. The molecule has 35 heavy (non-hydrogen) atoms. The summed E-state index contributed by atoms with van der Waals surface area (Å²) >= 11 is 6.85. The standard InChI is InChI=1S/C23H17ClFN3O5S2/c1-33-21(29)13-28-19-10-7-16(25)12-20(19)34-23(28)26-22(30)14-3-2-4-17(11-14)27-35(31,32)18-8-5-15(24)6-9-18/h2-12,27H,13H2,1H3. The molecule has 3 aromatic carbocycles. The molecule has 180 valence electrons. The van der Waals surface area contributed by atoms with Gasteiger partial charge in [-0.15, -0.1) is 0 Å². The topological polar surface area (TPSA) is 107 Å². The van der Waals surface area contributed by atoms with Crippen molar-refractivity contribution in [2.45, 2.75) is 11.4 Å². The van der Waals surface area contributed by atoms with Crippen LogP contribution in [0.4, 0.5) is 10.1 Å². The van der Waals surface area contributed by atoms with Gasteiger partial charge in [0.15, 0.2) is 4.80 Å². The first kappa shape index (κ1) is 24.6. The van der Waals surface area contributed by atoms with Crippen LogP contribution in [0.3, 0.4) is 0 Å². The number of ether oxygens (including phenoxy) is 1. The fourth-order valence-electron chi connectivity index (χ4n) is 3.17. The third-order valence-electron chi connectivity index (χ3n) is 4.84. The Hall–Kier alpha value is -3.54. The van der Waals surface area contributed by atoms with Crippen molar-refractivity contribution in [3.8, 4) is 0 Å². The summed E-state index contributed by atoms with van der Waals surface area (Å²) in [6, 6.07) is 15.5. The average molecular weight is 534 g/mol. The van der Waals surface area contributed by atoms with Crippen molar-refractivity contribution in [1.29, 1.82) is 0 Å². The quantitative estimate of drug-likeness (QED) is 0.374. The number of esters is 1. The van der Waals surface area contributed by atoms with Gasteiger partial charge >= 0.3 is 5.97 Å². The van der Waals surface area contributed by atoms with Crippen LogP contribution < -0.4 is 9.52 Å². The molecule has 1 aromatic heterocycles. The van der Waals surface area contributed by atoms with Crippen LogP contribution in [0.2, 0.25) is 5.02 Å². The van der Waals surface area contributed by atoms with E-state index >= 15 is 0 Å². The minimum absolute atomic E-state index is 0.00433. The van der Waals surface area contributed by atoms with Gasteiger partial charge in [-0.1, -0.05) is 29.0 Å². The highest BCUT2D eigenvalue weighted by molar-refractivity contribution is 7.92. The van der Waals surface area contributed by atoms with Crippen molar-refractivity contribution in [2.24, 2.45) is 4.99 Å². The van der Waals surface area contributed by atoms with Gasteiger partial charge in [-0.2, -0.15) is 4.99 Å². The number of carbonyl (C=O) groups excluding carboxylic acids is 2. The number of carbonyl (C=O) groups is 2. The first-order chi connectivity index (χ1) is 16.7. The molecule has 0 spiro atoms. The van der Waals surface area contributed by atoms with E-state index in [-0.39, 0.29) is 27.5 Å². The number of benzene rings is 3. The van der Waals surface area contributed by atoms with Gasteiger partial charge in [0.25, 0.3) is 15.9 Å². The molecule has 1 heterocycles. The zero-order valence-electron chi connectivity index (χ0n) is 18.1. The Labute approximate surface area is 208 Å². The van der Waals surface area contributed by atoms with Gasteiger partial charge in [-0.3, -0.25) is 14.3 Å². The van der Waals surface area contributed by atoms with Crippen molar-refractivity contribution in [3.05, 3.63) is 87.9 Å². The molecule has 0 atom stereocenters. The summed E-state index contributed by atoms with van der Waals surface area (Å²) in [6.45, 7) is -0.227. The van der Waals surface area contributed by atoms with Gasteiger partial charge < -0.3 is 9.30 Å². The molecular formula is C23H17ClFN3O5S2. The van der Waals surface area contributed by atoms with Crippen LogP contribution in [-0.4, -0.2) is 32.0 Å². The molecule has 0 aliphatic rings. The lowest BCUT2D eigenvalue weighted by atomic mass is 10.2. The maximum Gasteiger partial charge on any atom is 0.325 e. The number of methoxy groups -OCH3 is 1. The van der Waals surface area contributed by atoms with E-state index in [0.29, 0.717) is 15.2 Å². The molecular weight excluding hydrogens is 517 g/mol. The Kier molecular flexibility index (Phi) is 7.01. The summed E-state index contributed by atoms with van der Waals surface area (Å²) in [7, 11) is -2.68. The van der Waals surface area contributed by atoms with Crippen molar-refractivity contribution < 1.29 is 27.1 Å². The minimum Gasteiger partial charge on any atom is -0.468 e. The number of halogens is 2. The fourth-order valence-corrected chi connectivity index (χ4v) is 5.40. The Bertz CT molecular complexity index is 1610. The molecule has 8 nitrogen and oxygen atoms in total. The lowest BCUT2D eigenvalue weighted by Gasteiger charge is -2.09. The lowest BCUT2D eigenvalue weighted by molar-refractivity contribution is -0.141. The molecule has 4 rings (SSSR count). The highest BCUT2D eigenvalue weighted by atomic mass is 35.5. The maximum atomic E-state index is 13.7. The van der Waals surface area contributed by atoms with Crippen LogP contribution in [0, 0.1) is 5.82 Å². The highest BCUT2D eigenvalue weighted by Crippen LogP contribution is 2.21. The summed E-state index contributed by atoms with van der Waals surface area (Å²) in [5.41, 5.74) is 0.772. The van der Waals surface area contributed by atoms with E-state index in [1.165, 1.54) is 78.4 Å². The van der Waals surface area contributed by atoms with Gasteiger partial charge in [0.2, 0.25) is 0 Å². The van der Waals surface area contributed by atoms with Crippen LogP contribution in [-0.2, 0) is 26.1 Å². The molecule has 1 N–H and O–H groups in total. The van der Waals surface area contributed by atoms with Crippen molar-refractivity contribution in [2.75, 3.05) is 11.8 Å². The third-order valence-corrected chi connectivity index (χ3v) is 7.53. The molecule has 0 aliphatic carbocycles.